The van der Waals surface area contributed by atoms with Crippen molar-refractivity contribution >= 4 is 23.2 Å². The molecule has 32 heavy (non-hydrogen) atoms. The van der Waals surface area contributed by atoms with Crippen LogP contribution in [0.5, 0.6) is 0 Å². The highest BCUT2D eigenvalue weighted by Crippen LogP contribution is 2.36. The highest BCUT2D eigenvalue weighted by atomic mass is 35.5. The minimum Gasteiger partial charge on any atom is -0.385 e. The topological polar surface area (TPSA) is 41.1 Å². The first kappa shape index (κ1) is 24.2. The first-order chi connectivity index (χ1) is 14.9. The molecule has 0 heterocycles. The standard InChI is InChI=1S/C22H21ClF6N2O/c23-19-17(5-2-6-18(19)22(27,28)29)20(32)31-15-9-7-13(8-10-15)12-30-16-4-1-3-14(11-16)21(24,25)26/h1-6,11,13,15,30H,7-10,12H2,(H,31,32). The molecule has 0 saturated heterocycles. The van der Waals surface area contributed by atoms with Crippen molar-refractivity contribution in [3.8, 4) is 0 Å². The van der Waals surface area contributed by atoms with Crippen LogP contribution in [-0.4, -0.2) is 18.5 Å². The average Bonchev–Trinajstić information content (AvgIpc) is 2.72. The lowest BCUT2D eigenvalue weighted by molar-refractivity contribution is -0.138. The van der Waals surface area contributed by atoms with Gasteiger partial charge in [0.1, 0.15) is 0 Å². The Labute approximate surface area is 186 Å². The number of nitrogens with one attached hydrogen (secondary N) is 2. The summed E-state index contributed by atoms with van der Waals surface area (Å²) < 4.78 is 77.4. The van der Waals surface area contributed by atoms with Crippen molar-refractivity contribution < 1.29 is 31.1 Å². The first-order valence-electron chi connectivity index (χ1n) is 10.0. The van der Waals surface area contributed by atoms with Crippen LogP contribution in [0.3, 0.4) is 0 Å². The number of rotatable bonds is 5. The third-order valence-electron chi connectivity index (χ3n) is 5.52. The number of benzene rings is 2. The van der Waals surface area contributed by atoms with Crippen LogP contribution < -0.4 is 10.6 Å². The minimum absolute atomic E-state index is 0.204. The third-order valence-corrected chi connectivity index (χ3v) is 5.92. The maximum absolute atomic E-state index is 13.0. The Balaban J connectivity index is 1.51. The summed E-state index contributed by atoms with van der Waals surface area (Å²) in [5.74, 6) is -0.457. The molecule has 1 amide bonds. The number of amides is 1. The second-order valence-corrected chi connectivity index (χ2v) is 8.19. The van der Waals surface area contributed by atoms with Crippen molar-refractivity contribution in [2.75, 3.05) is 11.9 Å². The zero-order chi connectivity index (χ0) is 23.5. The van der Waals surface area contributed by atoms with Gasteiger partial charge in [0.05, 0.1) is 21.7 Å². The zero-order valence-corrected chi connectivity index (χ0v) is 17.5. The lowest BCUT2D eigenvalue weighted by Crippen LogP contribution is -2.38. The van der Waals surface area contributed by atoms with E-state index in [4.69, 9.17) is 11.6 Å². The third kappa shape index (κ3) is 6.09. The number of carbonyl (C=O) groups excluding carboxylic acids is 1. The Morgan fingerprint density at radius 2 is 1.59 bits per heavy atom. The fraction of sp³-hybridized carbons (Fsp3) is 0.409. The number of carbonyl (C=O) groups is 1. The molecule has 1 fully saturated rings. The number of alkyl halides is 6. The molecule has 2 aromatic rings. The largest absolute Gasteiger partial charge is 0.417 e. The fourth-order valence-electron chi connectivity index (χ4n) is 3.77. The Morgan fingerprint density at radius 1 is 0.938 bits per heavy atom. The summed E-state index contributed by atoms with van der Waals surface area (Å²) in [6, 6.07) is 7.98. The molecule has 3 rings (SSSR count). The quantitative estimate of drug-likeness (QED) is 0.465. The van der Waals surface area contributed by atoms with Gasteiger partial charge in [-0.05, 0) is 61.9 Å². The van der Waals surface area contributed by atoms with Crippen molar-refractivity contribution in [2.45, 2.75) is 44.1 Å². The van der Waals surface area contributed by atoms with Gasteiger partial charge in [0.25, 0.3) is 5.91 Å². The van der Waals surface area contributed by atoms with Gasteiger partial charge in [0, 0.05) is 18.3 Å². The van der Waals surface area contributed by atoms with Crippen LogP contribution in [0.2, 0.25) is 5.02 Å². The van der Waals surface area contributed by atoms with Crippen molar-refractivity contribution in [3.63, 3.8) is 0 Å². The molecule has 0 aliphatic heterocycles. The van der Waals surface area contributed by atoms with Crippen molar-refractivity contribution in [1.29, 1.82) is 0 Å². The Kier molecular flexibility index (Phi) is 7.27. The van der Waals surface area contributed by atoms with E-state index in [2.05, 4.69) is 10.6 Å². The van der Waals surface area contributed by atoms with Gasteiger partial charge in [-0.1, -0.05) is 23.7 Å². The van der Waals surface area contributed by atoms with E-state index in [1.165, 1.54) is 12.1 Å². The molecule has 10 heteroatoms. The van der Waals surface area contributed by atoms with E-state index in [0.717, 1.165) is 24.3 Å². The number of halogens is 7. The molecule has 174 valence electrons. The summed E-state index contributed by atoms with van der Waals surface area (Å²) in [6.07, 6.45) is -6.41. The van der Waals surface area contributed by atoms with E-state index in [-0.39, 0.29) is 17.5 Å². The van der Waals surface area contributed by atoms with E-state index < -0.39 is 34.4 Å². The highest BCUT2D eigenvalue weighted by molar-refractivity contribution is 6.34. The summed E-state index contributed by atoms with van der Waals surface area (Å²) >= 11 is 5.81. The van der Waals surface area contributed by atoms with Gasteiger partial charge in [-0.25, -0.2) is 0 Å². The van der Waals surface area contributed by atoms with E-state index in [1.807, 2.05) is 0 Å². The first-order valence-corrected chi connectivity index (χ1v) is 10.4. The fourth-order valence-corrected chi connectivity index (χ4v) is 4.09. The summed E-state index contributed by atoms with van der Waals surface area (Å²) in [4.78, 5) is 12.5. The van der Waals surface area contributed by atoms with Crippen LogP contribution in [0.15, 0.2) is 42.5 Å². The molecule has 1 aliphatic rings. The van der Waals surface area contributed by atoms with Crippen LogP contribution in [0.1, 0.15) is 47.2 Å². The normalized spacial score (nSPS) is 19.5. The molecule has 0 atom stereocenters. The van der Waals surface area contributed by atoms with E-state index in [1.54, 1.807) is 6.07 Å². The molecular formula is C22H21ClF6N2O. The molecule has 0 bridgehead atoms. The average molecular weight is 479 g/mol. The van der Waals surface area contributed by atoms with Crippen molar-refractivity contribution in [1.82, 2.24) is 5.32 Å². The Hall–Kier alpha value is -2.42. The summed E-state index contributed by atoms with van der Waals surface area (Å²) in [7, 11) is 0. The highest BCUT2D eigenvalue weighted by Gasteiger charge is 2.35. The van der Waals surface area contributed by atoms with Gasteiger partial charge < -0.3 is 10.6 Å². The summed E-state index contributed by atoms with van der Waals surface area (Å²) in [5, 5.41) is 5.13. The number of hydrogen-bond acceptors (Lipinski definition) is 2. The van der Waals surface area contributed by atoms with Gasteiger partial charge in [-0.2, -0.15) is 26.3 Å². The lowest BCUT2D eigenvalue weighted by Gasteiger charge is -2.29. The zero-order valence-electron chi connectivity index (χ0n) is 16.8. The molecular weight excluding hydrogens is 458 g/mol. The minimum atomic E-state index is -4.65. The van der Waals surface area contributed by atoms with Gasteiger partial charge in [0.15, 0.2) is 0 Å². The second-order valence-electron chi connectivity index (χ2n) is 7.82. The molecule has 1 saturated carbocycles. The predicted octanol–water partition coefficient (Wildman–Crippen LogP) is 6.78. The maximum Gasteiger partial charge on any atom is 0.417 e. The molecule has 2 N–H and O–H groups in total. The number of hydrogen-bond donors (Lipinski definition) is 2. The van der Waals surface area contributed by atoms with E-state index in [9.17, 15) is 31.1 Å². The smallest absolute Gasteiger partial charge is 0.385 e. The van der Waals surface area contributed by atoms with Gasteiger partial charge in [-0.15, -0.1) is 0 Å². The van der Waals surface area contributed by atoms with Crippen molar-refractivity contribution in [2.24, 2.45) is 5.92 Å². The molecule has 3 nitrogen and oxygen atoms in total. The summed E-state index contributed by atoms with van der Waals surface area (Å²) in [5.41, 5.74) is -1.62. The number of anilines is 1. The molecule has 0 radical (unpaired) electrons. The van der Waals surface area contributed by atoms with Crippen molar-refractivity contribution in [3.05, 3.63) is 64.2 Å². The predicted molar refractivity (Wildman–Crippen MR) is 110 cm³/mol. The van der Waals surface area contributed by atoms with E-state index >= 15 is 0 Å². The molecule has 2 aromatic carbocycles. The molecule has 0 unspecified atom stereocenters. The van der Waals surface area contributed by atoms with Crippen LogP contribution in [0, 0.1) is 5.92 Å². The SMILES string of the molecule is O=C(NC1CCC(CNc2cccc(C(F)(F)F)c2)CC1)c1cccc(C(F)(F)F)c1Cl. The molecule has 0 aromatic heterocycles. The van der Waals surface area contributed by atoms with Crippen LogP contribution >= 0.6 is 11.6 Å². The monoisotopic (exact) mass is 478 g/mol. The second kappa shape index (κ2) is 9.60. The van der Waals surface area contributed by atoms with Gasteiger partial charge in [-0.3, -0.25) is 4.79 Å². The Bertz CT molecular complexity index is 952. The Morgan fingerprint density at radius 3 is 2.22 bits per heavy atom. The van der Waals surface area contributed by atoms with Gasteiger partial charge in [0.2, 0.25) is 0 Å². The van der Waals surface area contributed by atoms with Crippen LogP contribution in [0.25, 0.3) is 0 Å². The summed E-state index contributed by atoms with van der Waals surface area (Å²) in [6.45, 7) is 0.488. The maximum atomic E-state index is 13.0. The molecule has 1 aliphatic carbocycles. The van der Waals surface area contributed by atoms with Crippen LogP contribution in [0.4, 0.5) is 32.0 Å². The molecule has 0 spiro atoms. The van der Waals surface area contributed by atoms with Crippen LogP contribution in [-0.2, 0) is 12.4 Å². The lowest BCUT2D eigenvalue weighted by atomic mass is 9.86. The van der Waals surface area contributed by atoms with Gasteiger partial charge >= 0.3 is 12.4 Å². The van der Waals surface area contributed by atoms with E-state index in [0.29, 0.717) is 37.9 Å².